The highest BCUT2D eigenvalue weighted by atomic mass is 16.3. The van der Waals surface area contributed by atoms with E-state index in [0.717, 1.165) is 25.7 Å². The van der Waals surface area contributed by atoms with Gasteiger partial charge < -0.3 is 31.9 Å². The van der Waals surface area contributed by atoms with E-state index in [-0.39, 0.29) is 17.3 Å². The molecule has 0 aromatic heterocycles. The molecule has 4 unspecified atom stereocenters. The molecule has 2 aliphatic rings. The molecule has 2 fully saturated rings. The average molecular weight is 330 g/mol. The molecule has 2 saturated carbocycles. The molecule has 4 atom stereocenters. The number of nitrogens with two attached hydrogens (primary N) is 2. The molecule has 6 heteroatoms. The number of hydrogen-bond acceptors (Lipinski definition) is 6. The fourth-order valence-corrected chi connectivity index (χ4v) is 4.87. The van der Waals surface area contributed by atoms with Gasteiger partial charge in [-0.05, 0) is 69.9 Å². The second-order valence-electron chi connectivity index (χ2n) is 7.78. The molecule has 8 N–H and O–H groups in total. The van der Waals surface area contributed by atoms with Crippen LogP contribution in [-0.4, -0.2) is 57.9 Å². The number of aliphatic hydroxyl groups is 4. The Bertz CT molecular complexity index is 307. The first-order chi connectivity index (χ1) is 10.9. The third-order valence-electron chi connectivity index (χ3n) is 6.03. The SMILES string of the molecule is NCCCC1C(O)CC2(CC1O)CC(O)C(CCCN)C(O)C2. The molecule has 2 aliphatic carbocycles. The molecule has 0 heterocycles. The summed E-state index contributed by atoms with van der Waals surface area (Å²) in [5.74, 6) is -0.290. The van der Waals surface area contributed by atoms with Crippen molar-refractivity contribution in [2.24, 2.45) is 28.7 Å². The molecular weight excluding hydrogens is 296 g/mol. The van der Waals surface area contributed by atoms with E-state index in [1.165, 1.54) is 0 Å². The molecule has 0 aromatic carbocycles. The highest BCUT2D eigenvalue weighted by molar-refractivity contribution is 5.01. The summed E-state index contributed by atoms with van der Waals surface area (Å²) in [7, 11) is 0. The van der Waals surface area contributed by atoms with Gasteiger partial charge in [-0.2, -0.15) is 0 Å². The van der Waals surface area contributed by atoms with Crippen molar-refractivity contribution in [3.05, 3.63) is 0 Å². The Hall–Kier alpha value is -0.240. The van der Waals surface area contributed by atoms with E-state index in [1.54, 1.807) is 0 Å². The van der Waals surface area contributed by atoms with Gasteiger partial charge in [0.05, 0.1) is 24.4 Å². The van der Waals surface area contributed by atoms with Gasteiger partial charge in [-0.25, -0.2) is 0 Å². The van der Waals surface area contributed by atoms with Gasteiger partial charge in [0.2, 0.25) is 0 Å². The van der Waals surface area contributed by atoms with Gasteiger partial charge in [-0.15, -0.1) is 0 Å². The quantitative estimate of drug-likeness (QED) is 0.397. The Balaban J connectivity index is 2.01. The zero-order valence-electron chi connectivity index (χ0n) is 14.0. The lowest BCUT2D eigenvalue weighted by atomic mass is 9.57. The predicted molar refractivity (Wildman–Crippen MR) is 88.5 cm³/mol. The summed E-state index contributed by atoms with van der Waals surface area (Å²) in [5.41, 5.74) is 10.7. The maximum Gasteiger partial charge on any atom is 0.0598 e. The van der Waals surface area contributed by atoms with Gasteiger partial charge in [-0.1, -0.05) is 0 Å². The van der Waals surface area contributed by atoms with Crippen molar-refractivity contribution in [1.82, 2.24) is 0 Å². The van der Waals surface area contributed by atoms with Crippen molar-refractivity contribution in [1.29, 1.82) is 0 Å². The molecule has 1 spiro atoms. The lowest BCUT2D eigenvalue weighted by Gasteiger charge is -2.52. The van der Waals surface area contributed by atoms with E-state index in [4.69, 9.17) is 11.5 Å². The molecule has 0 amide bonds. The minimum absolute atomic E-state index is 0.145. The molecule has 0 radical (unpaired) electrons. The number of rotatable bonds is 6. The lowest BCUT2D eigenvalue weighted by molar-refractivity contribution is -0.145. The highest BCUT2D eigenvalue weighted by Gasteiger charge is 2.51. The summed E-state index contributed by atoms with van der Waals surface area (Å²) in [4.78, 5) is 0. The van der Waals surface area contributed by atoms with E-state index < -0.39 is 24.4 Å². The maximum absolute atomic E-state index is 10.5. The summed E-state index contributed by atoms with van der Waals surface area (Å²) >= 11 is 0. The first kappa shape index (κ1) is 19.1. The zero-order chi connectivity index (χ0) is 17.0. The number of aliphatic hydroxyl groups excluding tert-OH is 4. The monoisotopic (exact) mass is 330 g/mol. The zero-order valence-corrected chi connectivity index (χ0v) is 14.0. The van der Waals surface area contributed by atoms with Gasteiger partial charge in [0, 0.05) is 11.8 Å². The fraction of sp³-hybridized carbons (Fsp3) is 1.00. The van der Waals surface area contributed by atoms with E-state index in [0.29, 0.717) is 38.8 Å². The third kappa shape index (κ3) is 4.44. The molecule has 0 saturated heterocycles. The van der Waals surface area contributed by atoms with E-state index >= 15 is 0 Å². The van der Waals surface area contributed by atoms with Crippen LogP contribution in [0.3, 0.4) is 0 Å². The van der Waals surface area contributed by atoms with Crippen molar-refractivity contribution >= 4 is 0 Å². The van der Waals surface area contributed by atoms with Crippen LogP contribution in [0, 0.1) is 17.3 Å². The summed E-state index contributed by atoms with van der Waals surface area (Å²) < 4.78 is 0. The van der Waals surface area contributed by atoms with Crippen LogP contribution in [0.15, 0.2) is 0 Å². The molecule has 0 aliphatic heterocycles. The third-order valence-corrected chi connectivity index (χ3v) is 6.03. The van der Waals surface area contributed by atoms with E-state index in [1.807, 2.05) is 0 Å². The molecule has 23 heavy (non-hydrogen) atoms. The maximum atomic E-state index is 10.5. The summed E-state index contributed by atoms with van der Waals surface area (Å²) in [6.45, 7) is 1.11. The van der Waals surface area contributed by atoms with Crippen LogP contribution >= 0.6 is 0 Å². The normalized spacial score (nSPS) is 44.6. The molecule has 2 rings (SSSR count). The Kier molecular flexibility index (Phi) is 6.83. The van der Waals surface area contributed by atoms with E-state index in [9.17, 15) is 20.4 Å². The van der Waals surface area contributed by atoms with Crippen LogP contribution in [0.2, 0.25) is 0 Å². The fourth-order valence-electron chi connectivity index (χ4n) is 4.87. The van der Waals surface area contributed by atoms with Crippen LogP contribution in [-0.2, 0) is 0 Å². The Morgan fingerprint density at radius 3 is 1.22 bits per heavy atom. The first-order valence-electron chi connectivity index (χ1n) is 9.05. The van der Waals surface area contributed by atoms with Crippen molar-refractivity contribution in [3.63, 3.8) is 0 Å². The van der Waals surface area contributed by atoms with Crippen molar-refractivity contribution in [2.45, 2.75) is 75.8 Å². The minimum Gasteiger partial charge on any atom is -0.393 e. The lowest BCUT2D eigenvalue weighted by Crippen LogP contribution is -2.53. The molecular formula is C17H34N2O4. The summed E-state index contributed by atoms with van der Waals surface area (Å²) in [6.07, 6.45) is 2.81. The highest BCUT2D eigenvalue weighted by Crippen LogP contribution is 2.51. The molecule has 0 aromatic rings. The Labute approximate surface area is 138 Å². The van der Waals surface area contributed by atoms with Crippen LogP contribution in [0.25, 0.3) is 0 Å². The molecule has 136 valence electrons. The second kappa shape index (κ2) is 8.23. The smallest absolute Gasteiger partial charge is 0.0598 e. The topological polar surface area (TPSA) is 133 Å². The Morgan fingerprint density at radius 2 is 0.957 bits per heavy atom. The van der Waals surface area contributed by atoms with Crippen LogP contribution in [0.1, 0.15) is 51.4 Å². The van der Waals surface area contributed by atoms with Crippen LogP contribution in [0.5, 0.6) is 0 Å². The van der Waals surface area contributed by atoms with Gasteiger partial charge in [-0.3, -0.25) is 0 Å². The largest absolute Gasteiger partial charge is 0.393 e. The van der Waals surface area contributed by atoms with Gasteiger partial charge in [0.15, 0.2) is 0 Å². The Morgan fingerprint density at radius 1 is 0.652 bits per heavy atom. The first-order valence-corrected chi connectivity index (χ1v) is 9.05. The van der Waals surface area contributed by atoms with Crippen molar-refractivity contribution in [3.8, 4) is 0 Å². The van der Waals surface area contributed by atoms with Gasteiger partial charge in [0.25, 0.3) is 0 Å². The molecule has 6 nitrogen and oxygen atoms in total. The summed E-state index contributed by atoms with van der Waals surface area (Å²) in [5, 5.41) is 41.9. The van der Waals surface area contributed by atoms with Crippen molar-refractivity contribution < 1.29 is 20.4 Å². The molecule has 0 bridgehead atoms. The van der Waals surface area contributed by atoms with E-state index in [2.05, 4.69) is 0 Å². The predicted octanol–water partition coefficient (Wildman–Crippen LogP) is -0.286. The van der Waals surface area contributed by atoms with Crippen LogP contribution < -0.4 is 11.5 Å². The van der Waals surface area contributed by atoms with Gasteiger partial charge >= 0.3 is 0 Å². The minimum atomic E-state index is -0.592. The second-order valence-corrected chi connectivity index (χ2v) is 7.78. The standard InChI is InChI=1S/C17H34N2O4/c18-5-1-3-11-13(20)7-17(8-14(11)21)9-15(22)12(4-2-6-19)16(23)10-17/h11-16,20-23H,1-10,18-19H2. The van der Waals surface area contributed by atoms with Crippen molar-refractivity contribution in [2.75, 3.05) is 13.1 Å². The van der Waals surface area contributed by atoms with Crippen LogP contribution in [0.4, 0.5) is 0 Å². The van der Waals surface area contributed by atoms with Gasteiger partial charge in [0.1, 0.15) is 0 Å². The summed E-state index contributed by atoms with van der Waals surface area (Å²) in [6, 6.07) is 0. The average Bonchev–Trinajstić information content (AvgIpc) is 2.45. The number of hydrogen-bond donors (Lipinski definition) is 6.